The van der Waals surface area contributed by atoms with E-state index in [1.807, 2.05) is 6.08 Å². The molecule has 3 N–H and O–H groups in total. The number of carbonyl (C=O) groups excluding carboxylic acids is 2. The summed E-state index contributed by atoms with van der Waals surface area (Å²) in [4.78, 5) is 24.5. The molecule has 0 aromatic rings. The Labute approximate surface area is 450 Å². The van der Waals surface area contributed by atoms with Crippen LogP contribution in [-0.2, 0) is 14.3 Å². The van der Waals surface area contributed by atoms with Crippen LogP contribution in [0.2, 0.25) is 0 Å². The molecule has 1 amide bonds. The SMILES string of the molecule is CCCC/C=C\CCCCCCCC(=O)OCCCCCCCCCCCCCCCCCCCCCCCCCC(=O)NC(CO)C(O)/C=C/CCCCCCCCCCCCCCCCCCCCC. The number of amides is 1. The third-order valence-electron chi connectivity index (χ3n) is 15.2. The molecule has 0 aromatic carbocycles. The highest BCUT2D eigenvalue weighted by Crippen LogP contribution is 2.18. The largest absolute Gasteiger partial charge is 0.466 e. The summed E-state index contributed by atoms with van der Waals surface area (Å²) in [6.07, 6.45) is 76.6. The summed E-state index contributed by atoms with van der Waals surface area (Å²) in [5.74, 6) is -0.0608. The number of allylic oxidation sites excluding steroid dienone is 3. The van der Waals surface area contributed by atoms with E-state index >= 15 is 0 Å². The summed E-state index contributed by atoms with van der Waals surface area (Å²) in [5, 5.41) is 23.2. The van der Waals surface area contributed by atoms with Gasteiger partial charge in [0.15, 0.2) is 0 Å². The number of nitrogens with one attached hydrogen (secondary N) is 1. The third kappa shape index (κ3) is 57.6. The number of hydrogen-bond acceptors (Lipinski definition) is 5. The maximum absolute atomic E-state index is 12.5. The molecule has 6 nitrogen and oxygen atoms in total. The molecule has 0 aromatic heterocycles. The Morgan fingerprint density at radius 2 is 0.667 bits per heavy atom. The lowest BCUT2D eigenvalue weighted by atomic mass is 10.0. The van der Waals surface area contributed by atoms with Gasteiger partial charge in [0.05, 0.1) is 25.4 Å². The Kier molecular flexibility index (Phi) is 60.5. The highest BCUT2D eigenvalue weighted by Gasteiger charge is 2.18. The van der Waals surface area contributed by atoms with E-state index in [1.165, 1.54) is 289 Å². The van der Waals surface area contributed by atoms with Crippen LogP contribution in [0.25, 0.3) is 0 Å². The first kappa shape index (κ1) is 70.3. The highest BCUT2D eigenvalue weighted by molar-refractivity contribution is 5.76. The fourth-order valence-corrected chi connectivity index (χ4v) is 10.2. The first-order valence-corrected chi connectivity index (χ1v) is 32.6. The Hall–Kier alpha value is -1.66. The fraction of sp³-hybridized carbons (Fsp3) is 0.909. The predicted molar refractivity (Wildman–Crippen MR) is 315 cm³/mol. The molecule has 72 heavy (non-hydrogen) atoms. The summed E-state index contributed by atoms with van der Waals surface area (Å²) in [7, 11) is 0. The van der Waals surface area contributed by atoms with Gasteiger partial charge in [-0.15, -0.1) is 0 Å². The summed E-state index contributed by atoms with van der Waals surface area (Å²) in [5.41, 5.74) is 0. The summed E-state index contributed by atoms with van der Waals surface area (Å²) >= 11 is 0. The fourth-order valence-electron chi connectivity index (χ4n) is 10.2. The molecule has 0 aliphatic carbocycles. The summed E-state index contributed by atoms with van der Waals surface area (Å²) in [6.45, 7) is 4.89. The van der Waals surface area contributed by atoms with Gasteiger partial charge in [-0.25, -0.2) is 0 Å². The minimum absolute atomic E-state index is 0.00325. The number of aliphatic hydroxyl groups is 2. The molecule has 426 valence electrons. The molecule has 0 rings (SSSR count). The second kappa shape index (κ2) is 61.9. The van der Waals surface area contributed by atoms with Crippen molar-refractivity contribution in [3.8, 4) is 0 Å². The molecule has 0 fully saturated rings. The van der Waals surface area contributed by atoms with Gasteiger partial charge in [-0.05, 0) is 51.4 Å². The van der Waals surface area contributed by atoms with Gasteiger partial charge in [0, 0.05) is 12.8 Å². The Balaban J connectivity index is 3.41. The molecule has 0 saturated carbocycles. The molecule has 2 unspecified atom stereocenters. The normalized spacial score (nSPS) is 12.7. The van der Waals surface area contributed by atoms with E-state index in [0.29, 0.717) is 19.4 Å². The number of aliphatic hydroxyl groups excluding tert-OH is 2. The number of carbonyl (C=O) groups is 2. The number of unbranched alkanes of at least 4 members (excludes halogenated alkanes) is 48. The van der Waals surface area contributed by atoms with Gasteiger partial charge in [-0.2, -0.15) is 0 Å². The van der Waals surface area contributed by atoms with Gasteiger partial charge in [-0.1, -0.05) is 321 Å². The zero-order valence-electron chi connectivity index (χ0n) is 48.7. The molecule has 6 heteroatoms. The zero-order chi connectivity index (χ0) is 52.2. The van der Waals surface area contributed by atoms with Crippen LogP contribution in [0.1, 0.15) is 361 Å². The molecule has 2 atom stereocenters. The van der Waals surface area contributed by atoms with Gasteiger partial charge in [0.1, 0.15) is 0 Å². The first-order chi connectivity index (χ1) is 35.5. The van der Waals surface area contributed by atoms with Gasteiger partial charge in [-0.3, -0.25) is 9.59 Å². The van der Waals surface area contributed by atoms with E-state index in [2.05, 4.69) is 31.3 Å². The first-order valence-electron chi connectivity index (χ1n) is 32.6. The zero-order valence-corrected chi connectivity index (χ0v) is 48.7. The number of hydrogen-bond donors (Lipinski definition) is 3. The molecule has 0 bridgehead atoms. The molecule has 0 saturated heterocycles. The maximum atomic E-state index is 12.5. The van der Waals surface area contributed by atoms with Crippen molar-refractivity contribution in [3.05, 3.63) is 24.3 Å². The molecular formula is C66H127NO5. The lowest BCUT2D eigenvalue weighted by Crippen LogP contribution is -2.45. The third-order valence-corrected chi connectivity index (χ3v) is 15.2. The van der Waals surface area contributed by atoms with Crippen LogP contribution in [0.5, 0.6) is 0 Å². The minimum atomic E-state index is -0.845. The van der Waals surface area contributed by atoms with Crippen molar-refractivity contribution in [1.29, 1.82) is 0 Å². The highest BCUT2D eigenvalue weighted by atomic mass is 16.5. The van der Waals surface area contributed by atoms with E-state index in [-0.39, 0.29) is 18.5 Å². The van der Waals surface area contributed by atoms with Crippen molar-refractivity contribution in [2.75, 3.05) is 13.2 Å². The van der Waals surface area contributed by atoms with Crippen LogP contribution in [0.3, 0.4) is 0 Å². The molecule has 0 aliphatic rings. The molecule has 0 spiro atoms. The van der Waals surface area contributed by atoms with E-state index in [0.717, 1.165) is 44.9 Å². The average molecular weight is 1010 g/mol. The standard InChI is InChI=1S/C66H127NO5/c1-3-5-7-9-11-13-15-16-17-18-19-23-26-29-32-35-39-42-46-50-54-58-64(69)63(62-68)67-65(70)59-55-51-47-43-40-36-33-30-27-24-21-20-22-25-28-31-34-37-41-45-49-53-57-61-72-66(71)60-56-52-48-44-38-14-12-10-8-6-4-2/h10,12,54,58,63-64,68-69H,3-9,11,13-53,55-57,59-62H2,1-2H3,(H,67,70)/b12-10-,58-54+. The lowest BCUT2D eigenvalue weighted by molar-refractivity contribution is -0.143. The van der Waals surface area contributed by atoms with Crippen LogP contribution in [0.4, 0.5) is 0 Å². The van der Waals surface area contributed by atoms with Gasteiger partial charge in [0.2, 0.25) is 5.91 Å². The smallest absolute Gasteiger partial charge is 0.305 e. The van der Waals surface area contributed by atoms with E-state index in [4.69, 9.17) is 4.74 Å². The van der Waals surface area contributed by atoms with Crippen LogP contribution in [0, 0.1) is 0 Å². The van der Waals surface area contributed by atoms with Crippen LogP contribution < -0.4 is 5.32 Å². The Bertz CT molecular complexity index is 1120. The number of ether oxygens (including phenoxy) is 1. The van der Waals surface area contributed by atoms with Crippen molar-refractivity contribution in [3.63, 3.8) is 0 Å². The van der Waals surface area contributed by atoms with Gasteiger partial charge < -0.3 is 20.3 Å². The average Bonchev–Trinajstić information content (AvgIpc) is 3.38. The van der Waals surface area contributed by atoms with Crippen molar-refractivity contribution >= 4 is 11.9 Å². The van der Waals surface area contributed by atoms with E-state index in [9.17, 15) is 19.8 Å². The monoisotopic (exact) mass is 1010 g/mol. The summed E-state index contributed by atoms with van der Waals surface area (Å²) < 4.78 is 5.46. The summed E-state index contributed by atoms with van der Waals surface area (Å²) in [6, 6.07) is -0.628. The Morgan fingerprint density at radius 1 is 0.375 bits per heavy atom. The molecule has 0 radical (unpaired) electrons. The van der Waals surface area contributed by atoms with Crippen molar-refractivity contribution in [2.24, 2.45) is 0 Å². The quantitative estimate of drug-likeness (QED) is 0.0320. The minimum Gasteiger partial charge on any atom is -0.466 e. The second-order valence-corrected chi connectivity index (χ2v) is 22.5. The van der Waals surface area contributed by atoms with E-state index < -0.39 is 12.1 Å². The van der Waals surface area contributed by atoms with Crippen LogP contribution in [-0.4, -0.2) is 47.4 Å². The maximum Gasteiger partial charge on any atom is 0.305 e. The van der Waals surface area contributed by atoms with Crippen molar-refractivity contribution in [1.82, 2.24) is 5.32 Å². The van der Waals surface area contributed by atoms with Crippen molar-refractivity contribution in [2.45, 2.75) is 373 Å². The number of esters is 1. The molecular weight excluding hydrogens is 887 g/mol. The van der Waals surface area contributed by atoms with Crippen molar-refractivity contribution < 1.29 is 24.5 Å². The second-order valence-electron chi connectivity index (χ2n) is 22.5. The molecule has 0 heterocycles. The molecule has 0 aliphatic heterocycles. The van der Waals surface area contributed by atoms with Gasteiger partial charge >= 0.3 is 5.97 Å². The lowest BCUT2D eigenvalue weighted by Gasteiger charge is -2.20. The van der Waals surface area contributed by atoms with Crippen LogP contribution in [0.15, 0.2) is 24.3 Å². The number of rotatable bonds is 61. The Morgan fingerprint density at radius 3 is 1.03 bits per heavy atom. The van der Waals surface area contributed by atoms with Crippen LogP contribution >= 0.6 is 0 Å². The van der Waals surface area contributed by atoms with E-state index in [1.54, 1.807) is 6.08 Å². The van der Waals surface area contributed by atoms with Gasteiger partial charge in [0.25, 0.3) is 0 Å². The topological polar surface area (TPSA) is 95.9 Å². The predicted octanol–water partition coefficient (Wildman–Crippen LogP) is 20.6.